The van der Waals surface area contributed by atoms with Crippen LogP contribution in [-0.4, -0.2) is 27.9 Å². The van der Waals surface area contributed by atoms with Gasteiger partial charge in [0.05, 0.1) is 5.56 Å². The van der Waals surface area contributed by atoms with Crippen LogP contribution in [0.3, 0.4) is 0 Å². The Hall–Kier alpha value is -1.09. The molecule has 1 aliphatic carbocycles. The summed E-state index contributed by atoms with van der Waals surface area (Å²) in [7, 11) is 0. The summed E-state index contributed by atoms with van der Waals surface area (Å²) >= 11 is 5.78. The van der Waals surface area contributed by atoms with Gasteiger partial charge < -0.3 is 4.90 Å². The second-order valence-electron chi connectivity index (χ2n) is 5.78. The van der Waals surface area contributed by atoms with Crippen molar-refractivity contribution in [1.29, 1.82) is 0 Å². The molecule has 1 aromatic heterocycles. The molecule has 0 radical (unpaired) electrons. The Morgan fingerprint density at radius 2 is 2.16 bits per heavy atom. The largest absolute Gasteiger partial charge is 0.333 e. The number of pyridine rings is 1. The highest BCUT2D eigenvalue weighted by Crippen LogP contribution is 2.40. The highest BCUT2D eigenvalue weighted by atomic mass is 35.5. The second-order valence-corrected chi connectivity index (χ2v) is 6.17. The maximum absolute atomic E-state index is 12.7. The minimum Gasteiger partial charge on any atom is -0.333 e. The molecule has 3 unspecified atom stereocenters. The molecular formula is C15H19ClN2O. The van der Waals surface area contributed by atoms with E-state index in [-0.39, 0.29) is 5.91 Å². The Kier molecular flexibility index (Phi) is 3.48. The van der Waals surface area contributed by atoms with Gasteiger partial charge in [-0.15, -0.1) is 0 Å². The van der Waals surface area contributed by atoms with E-state index in [0.717, 1.165) is 12.8 Å². The molecule has 3 rings (SSSR count). The van der Waals surface area contributed by atoms with Gasteiger partial charge >= 0.3 is 0 Å². The molecule has 0 spiro atoms. The van der Waals surface area contributed by atoms with Crippen LogP contribution in [-0.2, 0) is 0 Å². The number of amides is 1. The molecule has 1 saturated carbocycles. The predicted molar refractivity (Wildman–Crippen MR) is 75.2 cm³/mol. The van der Waals surface area contributed by atoms with E-state index in [1.54, 1.807) is 18.3 Å². The Labute approximate surface area is 119 Å². The van der Waals surface area contributed by atoms with Gasteiger partial charge in [0, 0.05) is 18.3 Å². The smallest absolute Gasteiger partial charge is 0.255 e. The molecule has 1 saturated heterocycles. The number of rotatable bonds is 1. The molecule has 102 valence electrons. The summed E-state index contributed by atoms with van der Waals surface area (Å²) in [6.07, 6.45) is 7.74. The van der Waals surface area contributed by atoms with E-state index in [4.69, 9.17) is 11.6 Å². The number of fused-ring (bicyclic) bond motifs is 1. The molecule has 1 amide bonds. The number of halogens is 1. The Bertz CT molecular complexity index is 474. The third-order valence-electron chi connectivity index (χ3n) is 4.55. The molecule has 19 heavy (non-hydrogen) atoms. The van der Waals surface area contributed by atoms with Gasteiger partial charge in [0.1, 0.15) is 5.15 Å². The topological polar surface area (TPSA) is 33.2 Å². The number of carbonyl (C=O) groups excluding carboxylic acids is 1. The van der Waals surface area contributed by atoms with Crippen molar-refractivity contribution < 1.29 is 4.79 Å². The molecule has 1 aliphatic heterocycles. The first-order chi connectivity index (χ1) is 9.16. The third kappa shape index (κ3) is 2.36. The van der Waals surface area contributed by atoms with Crippen molar-refractivity contribution in [1.82, 2.24) is 9.88 Å². The molecule has 2 aliphatic rings. The van der Waals surface area contributed by atoms with Crippen LogP contribution in [0.5, 0.6) is 0 Å². The highest BCUT2D eigenvalue weighted by molar-refractivity contribution is 6.29. The molecular weight excluding hydrogens is 260 g/mol. The molecule has 4 heteroatoms. The lowest BCUT2D eigenvalue weighted by molar-refractivity contribution is 0.0633. The van der Waals surface area contributed by atoms with Crippen molar-refractivity contribution in [2.24, 2.45) is 5.92 Å². The van der Waals surface area contributed by atoms with Gasteiger partial charge in [-0.05, 0) is 44.2 Å². The fourth-order valence-corrected chi connectivity index (χ4v) is 3.82. The minimum absolute atomic E-state index is 0.117. The maximum atomic E-state index is 12.7. The highest BCUT2D eigenvalue weighted by Gasteiger charge is 2.42. The van der Waals surface area contributed by atoms with Crippen LogP contribution in [0.15, 0.2) is 18.3 Å². The van der Waals surface area contributed by atoms with Gasteiger partial charge in [0.15, 0.2) is 0 Å². The Morgan fingerprint density at radius 3 is 2.89 bits per heavy atom. The summed E-state index contributed by atoms with van der Waals surface area (Å²) in [4.78, 5) is 18.8. The van der Waals surface area contributed by atoms with Crippen molar-refractivity contribution >= 4 is 17.5 Å². The summed E-state index contributed by atoms with van der Waals surface area (Å²) in [6, 6.07) is 4.25. The summed E-state index contributed by atoms with van der Waals surface area (Å²) in [5, 5.41) is 0.432. The van der Waals surface area contributed by atoms with Crippen molar-refractivity contribution in [2.45, 2.75) is 51.1 Å². The van der Waals surface area contributed by atoms with E-state index in [1.165, 1.54) is 19.3 Å². The lowest BCUT2D eigenvalue weighted by Crippen LogP contribution is -2.42. The first kappa shape index (κ1) is 12.9. The van der Waals surface area contributed by atoms with E-state index in [0.29, 0.717) is 28.7 Å². The molecule has 0 N–H and O–H groups in total. The van der Waals surface area contributed by atoms with Gasteiger partial charge in [-0.25, -0.2) is 4.98 Å². The number of carbonyl (C=O) groups is 1. The monoisotopic (exact) mass is 278 g/mol. The molecule has 0 bridgehead atoms. The van der Waals surface area contributed by atoms with Gasteiger partial charge in [-0.3, -0.25) is 4.79 Å². The van der Waals surface area contributed by atoms with Crippen LogP contribution in [0.1, 0.15) is 49.4 Å². The summed E-state index contributed by atoms with van der Waals surface area (Å²) in [5.74, 6) is 0.819. The molecule has 1 aromatic rings. The lowest BCUT2D eigenvalue weighted by atomic mass is 9.85. The van der Waals surface area contributed by atoms with E-state index in [2.05, 4.69) is 16.8 Å². The predicted octanol–water partition coefficient (Wildman–Crippen LogP) is 3.53. The average Bonchev–Trinajstić information content (AvgIpc) is 2.74. The zero-order valence-electron chi connectivity index (χ0n) is 11.2. The van der Waals surface area contributed by atoms with Crippen LogP contribution in [0.25, 0.3) is 0 Å². The fraction of sp³-hybridized carbons (Fsp3) is 0.600. The number of hydrogen-bond acceptors (Lipinski definition) is 2. The molecule has 3 nitrogen and oxygen atoms in total. The first-order valence-corrected chi connectivity index (χ1v) is 7.49. The molecule has 0 aromatic carbocycles. The normalized spacial score (nSPS) is 30.2. The Balaban J connectivity index is 1.84. The number of likely N-dealkylation sites (tertiary alicyclic amines) is 1. The van der Waals surface area contributed by atoms with Crippen LogP contribution in [0.4, 0.5) is 0 Å². The molecule has 2 fully saturated rings. The number of aromatic nitrogens is 1. The van der Waals surface area contributed by atoms with E-state index < -0.39 is 0 Å². The van der Waals surface area contributed by atoms with Crippen LogP contribution in [0.2, 0.25) is 5.15 Å². The quantitative estimate of drug-likeness (QED) is 0.736. The van der Waals surface area contributed by atoms with Crippen LogP contribution >= 0.6 is 11.6 Å². The summed E-state index contributed by atoms with van der Waals surface area (Å²) in [5.41, 5.74) is 0.655. The number of nitrogens with zero attached hydrogens (tertiary/aromatic N) is 2. The van der Waals surface area contributed by atoms with Crippen molar-refractivity contribution in [3.05, 3.63) is 29.0 Å². The number of hydrogen-bond donors (Lipinski definition) is 0. The average molecular weight is 279 g/mol. The van der Waals surface area contributed by atoms with Crippen molar-refractivity contribution in [3.63, 3.8) is 0 Å². The van der Waals surface area contributed by atoms with Crippen LogP contribution < -0.4 is 0 Å². The van der Waals surface area contributed by atoms with E-state index in [9.17, 15) is 4.79 Å². The van der Waals surface area contributed by atoms with Gasteiger partial charge in [-0.2, -0.15) is 0 Å². The standard InChI is InChI=1S/C15H19ClN2O/c1-10-8-11-4-2-3-5-13(11)18(10)15(19)12-6-7-14(16)17-9-12/h6-7,9-11,13H,2-5,8H2,1H3. The van der Waals surface area contributed by atoms with Gasteiger partial charge in [-0.1, -0.05) is 24.4 Å². The summed E-state index contributed by atoms with van der Waals surface area (Å²) in [6.45, 7) is 2.17. The zero-order chi connectivity index (χ0) is 13.4. The SMILES string of the molecule is CC1CC2CCCCC2N1C(=O)c1ccc(Cl)nc1. The van der Waals surface area contributed by atoms with Gasteiger partial charge in [0.25, 0.3) is 5.91 Å². The lowest BCUT2D eigenvalue weighted by Gasteiger charge is -2.33. The minimum atomic E-state index is 0.117. The van der Waals surface area contributed by atoms with Crippen LogP contribution in [0, 0.1) is 5.92 Å². The second kappa shape index (κ2) is 5.12. The van der Waals surface area contributed by atoms with E-state index in [1.807, 2.05) is 0 Å². The first-order valence-electron chi connectivity index (χ1n) is 7.11. The maximum Gasteiger partial charge on any atom is 0.255 e. The summed E-state index contributed by atoms with van der Waals surface area (Å²) < 4.78 is 0. The van der Waals surface area contributed by atoms with Gasteiger partial charge in [0.2, 0.25) is 0 Å². The zero-order valence-corrected chi connectivity index (χ0v) is 11.9. The third-order valence-corrected chi connectivity index (χ3v) is 4.78. The molecule has 3 atom stereocenters. The molecule has 2 heterocycles. The van der Waals surface area contributed by atoms with E-state index >= 15 is 0 Å². The Morgan fingerprint density at radius 1 is 1.37 bits per heavy atom. The fourth-order valence-electron chi connectivity index (χ4n) is 3.71. The van der Waals surface area contributed by atoms with Crippen molar-refractivity contribution in [3.8, 4) is 0 Å². The van der Waals surface area contributed by atoms with Crippen molar-refractivity contribution in [2.75, 3.05) is 0 Å².